The molecule has 2 aromatic rings. The van der Waals surface area contributed by atoms with E-state index in [1.54, 1.807) is 30.0 Å². The molecule has 0 aliphatic carbocycles. The van der Waals surface area contributed by atoms with Crippen molar-refractivity contribution in [2.75, 3.05) is 5.75 Å². The molecule has 0 radical (unpaired) electrons. The van der Waals surface area contributed by atoms with Crippen LogP contribution in [0.15, 0.2) is 58.4 Å². The lowest BCUT2D eigenvalue weighted by Gasteiger charge is -2.17. The third-order valence-electron chi connectivity index (χ3n) is 2.90. The SMILES string of the molecule is O=C(NNC1=Nc2ccc(Cl)cc2SC1)c1ccccc1. The van der Waals surface area contributed by atoms with Crippen LogP contribution in [0.2, 0.25) is 5.02 Å². The first-order valence-corrected chi connectivity index (χ1v) is 7.70. The lowest BCUT2D eigenvalue weighted by atomic mass is 10.2. The van der Waals surface area contributed by atoms with Crippen molar-refractivity contribution in [2.24, 2.45) is 4.99 Å². The molecule has 1 aliphatic rings. The van der Waals surface area contributed by atoms with E-state index in [9.17, 15) is 4.79 Å². The molecule has 0 spiro atoms. The first-order valence-electron chi connectivity index (χ1n) is 6.34. The van der Waals surface area contributed by atoms with Crippen LogP contribution >= 0.6 is 23.4 Å². The average molecular weight is 318 g/mol. The molecule has 0 fully saturated rings. The van der Waals surface area contributed by atoms with Crippen LogP contribution in [-0.2, 0) is 0 Å². The summed E-state index contributed by atoms with van der Waals surface area (Å²) >= 11 is 7.58. The average Bonchev–Trinajstić information content (AvgIpc) is 2.53. The molecule has 106 valence electrons. The van der Waals surface area contributed by atoms with Crippen molar-refractivity contribution in [3.05, 3.63) is 59.1 Å². The van der Waals surface area contributed by atoms with Gasteiger partial charge in [0.2, 0.25) is 0 Å². The molecule has 0 saturated carbocycles. The van der Waals surface area contributed by atoms with E-state index in [1.807, 2.05) is 30.3 Å². The molecule has 0 aromatic heterocycles. The van der Waals surface area contributed by atoms with E-state index >= 15 is 0 Å². The number of carbonyl (C=O) groups is 1. The minimum atomic E-state index is -0.190. The maximum atomic E-state index is 11.9. The Balaban J connectivity index is 1.67. The quantitative estimate of drug-likeness (QED) is 0.792. The molecule has 2 N–H and O–H groups in total. The van der Waals surface area contributed by atoms with E-state index in [-0.39, 0.29) is 5.91 Å². The standard InChI is InChI=1S/C15H12ClN3OS/c16-11-6-7-12-13(8-11)21-9-14(17-12)18-19-15(20)10-4-2-1-3-5-10/h1-8H,9H2,(H,17,18)(H,19,20). The Morgan fingerprint density at radius 3 is 2.81 bits per heavy atom. The summed E-state index contributed by atoms with van der Waals surface area (Å²) in [5.74, 6) is 1.17. The van der Waals surface area contributed by atoms with Crippen LogP contribution in [0, 0.1) is 0 Å². The molecule has 1 aliphatic heterocycles. The van der Waals surface area contributed by atoms with Gasteiger partial charge in [0, 0.05) is 15.5 Å². The molecule has 3 rings (SSSR count). The smallest absolute Gasteiger partial charge is 0.269 e. The molecule has 1 heterocycles. The summed E-state index contributed by atoms with van der Waals surface area (Å²) in [7, 11) is 0. The van der Waals surface area contributed by atoms with E-state index in [0.29, 0.717) is 22.2 Å². The molecule has 21 heavy (non-hydrogen) atoms. The fraction of sp³-hybridized carbons (Fsp3) is 0.0667. The molecule has 0 saturated heterocycles. The molecular weight excluding hydrogens is 306 g/mol. The van der Waals surface area contributed by atoms with E-state index in [0.717, 1.165) is 10.6 Å². The summed E-state index contributed by atoms with van der Waals surface area (Å²) in [5.41, 5.74) is 6.98. The Morgan fingerprint density at radius 1 is 1.19 bits per heavy atom. The van der Waals surface area contributed by atoms with Gasteiger partial charge in [-0.2, -0.15) is 0 Å². The first-order chi connectivity index (χ1) is 10.2. The fourth-order valence-electron chi connectivity index (χ4n) is 1.87. The maximum Gasteiger partial charge on any atom is 0.269 e. The second-order valence-electron chi connectivity index (χ2n) is 4.40. The van der Waals surface area contributed by atoms with Gasteiger partial charge in [-0.25, -0.2) is 4.99 Å². The largest absolute Gasteiger partial charge is 0.284 e. The fourth-order valence-corrected chi connectivity index (χ4v) is 3.01. The highest BCUT2D eigenvalue weighted by molar-refractivity contribution is 8.00. The molecule has 0 atom stereocenters. The summed E-state index contributed by atoms with van der Waals surface area (Å²) in [5, 5.41) is 0.699. The third kappa shape index (κ3) is 3.37. The zero-order valence-electron chi connectivity index (χ0n) is 11.0. The number of hydrogen-bond donors (Lipinski definition) is 2. The lowest BCUT2D eigenvalue weighted by Crippen LogP contribution is -2.43. The number of nitrogens with zero attached hydrogens (tertiary/aromatic N) is 1. The highest BCUT2D eigenvalue weighted by atomic mass is 35.5. The van der Waals surface area contributed by atoms with Crippen molar-refractivity contribution in [2.45, 2.75) is 4.90 Å². The Labute approximate surface area is 131 Å². The van der Waals surface area contributed by atoms with Gasteiger partial charge in [-0.1, -0.05) is 29.8 Å². The predicted molar refractivity (Wildman–Crippen MR) is 86.3 cm³/mol. The van der Waals surface area contributed by atoms with E-state index in [1.165, 1.54) is 0 Å². The number of thioether (sulfide) groups is 1. The molecule has 6 heteroatoms. The Morgan fingerprint density at radius 2 is 2.00 bits per heavy atom. The molecule has 0 bridgehead atoms. The third-order valence-corrected chi connectivity index (χ3v) is 4.19. The van der Waals surface area contributed by atoms with Crippen LogP contribution < -0.4 is 10.9 Å². The lowest BCUT2D eigenvalue weighted by molar-refractivity contribution is 0.0943. The summed E-state index contributed by atoms with van der Waals surface area (Å²) in [6.45, 7) is 0. The molecule has 4 nitrogen and oxygen atoms in total. The number of carbonyl (C=O) groups excluding carboxylic acids is 1. The highest BCUT2D eigenvalue weighted by Crippen LogP contribution is 2.35. The van der Waals surface area contributed by atoms with Crippen molar-refractivity contribution in [3.63, 3.8) is 0 Å². The van der Waals surface area contributed by atoms with E-state index in [4.69, 9.17) is 11.6 Å². The van der Waals surface area contributed by atoms with E-state index < -0.39 is 0 Å². The van der Waals surface area contributed by atoms with Gasteiger partial charge in [0.15, 0.2) is 0 Å². The Kier molecular flexibility index (Phi) is 4.13. The minimum absolute atomic E-state index is 0.190. The summed E-state index contributed by atoms with van der Waals surface area (Å²) in [6, 6.07) is 14.6. The van der Waals surface area contributed by atoms with Crippen LogP contribution in [-0.4, -0.2) is 17.5 Å². The zero-order chi connectivity index (χ0) is 14.7. The Bertz CT molecular complexity index is 703. The summed E-state index contributed by atoms with van der Waals surface area (Å²) < 4.78 is 0. The van der Waals surface area contributed by atoms with Crippen LogP contribution in [0.4, 0.5) is 5.69 Å². The van der Waals surface area contributed by atoms with Gasteiger partial charge in [-0.15, -0.1) is 11.8 Å². The number of amidine groups is 1. The number of fused-ring (bicyclic) bond motifs is 1. The number of amides is 1. The molecule has 2 aromatic carbocycles. The predicted octanol–water partition coefficient (Wildman–Crippen LogP) is 3.41. The number of benzene rings is 2. The van der Waals surface area contributed by atoms with Gasteiger partial charge >= 0.3 is 0 Å². The van der Waals surface area contributed by atoms with Crippen LogP contribution in [0.1, 0.15) is 10.4 Å². The normalized spacial score (nSPS) is 13.1. The van der Waals surface area contributed by atoms with Gasteiger partial charge in [0.05, 0.1) is 11.4 Å². The van der Waals surface area contributed by atoms with Gasteiger partial charge < -0.3 is 0 Å². The number of rotatable bonds is 1. The van der Waals surface area contributed by atoms with Crippen molar-refractivity contribution in [1.29, 1.82) is 0 Å². The molecule has 1 amide bonds. The van der Waals surface area contributed by atoms with Gasteiger partial charge in [0.25, 0.3) is 5.91 Å². The Hall–Kier alpha value is -1.98. The zero-order valence-corrected chi connectivity index (χ0v) is 12.5. The first kappa shape index (κ1) is 14.0. The van der Waals surface area contributed by atoms with Crippen molar-refractivity contribution in [3.8, 4) is 0 Å². The van der Waals surface area contributed by atoms with E-state index in [2.05, 4.69) is 15.8 Å². The second kappa shape index (κ2) is 6.20. The number of aliphatic imine (C=N–C) groups is 1. The van der Waals surface area contributed by atoms with Gasteiger partial charge in [-0.05, 0) is 30.3 Å². The molecular formula is C15H12ClN3OS. The van der Waals surface area contributed by atoms with Crippen molar-refractivity contribution < 1.29 is 4.79 Å². The van der Waals surface area contributed by atoms with Crippen LogP contribution in [0.5, 0.6) is 0 Å². The van der Waals surface area contributed by atoms with Crippen LogP contribution in [0.3, 0.4) is 0 Å². The second-order valence-corrected chi connectivity index (χ2v) is 5.86. The van der Waals surface area contributed by atoms with Crippen LogP contribution in [0.25, 0.3) is 0 Å². The number of nitrogens with one attached hydrogen (secondary N) is 2. The minimum Gasteiger partial charge on any atom is -0.284 e. The maximum absolute atomic E-state index is 11.9. The van der Waals surface area contributed by atoms with Crippen molar-refractivity contribution >= 4 is 40.8 Å². The van der Waals surface area contributed by atoms with Gasteiger partial charge in [0.1, 0.15) is 5.84 Å². The summed E-state index contributed by atoms with van der Waals surface area (Å²) in [4.78, 5) is 17.4. The van der Waals surface area contributed by atoms with Crippen molar-refractivity contribution in [1.82, 2.24) is 10.9 Å². The number of halogens is 1. The summed E-state index contributed by atoms with van der Waals surface area (Å²) in [6.07, 6.45) is 0. The number of hydrogen-bond acceptors (Lipinski definition) is 4. The monoisotopic (exact) mass is 317 g/mol. The highest BCUT2D eigenvalue weighted by Gasteiger charge is 2.13. The number of hydrazine groups is 1. The van der Waals surface area contributed by atoms with Gasteiger partial charge in [-0.3, -0.25) is 15.6 Å². The topological polar surface area (TPSA) is 53.5 Å². The molecule has 0 unspecified atom stereocenters.